The van der Waals surface area contributed by atoms with Crippen LogP contribution in [0, 0.1) is 12.8 Å². The van der Waals surface area contributed by atoms with Crippen LogP contribution in [0.4, 0.5) is 5.82 Å². The number of pyridine rings is 1. The number of benzene rings is 1. The summed E-state index contributed by atoms with van der Waals surface area (Å²) in [6.07, 6.45) is 3.09. The van der Waals surface area contributed by atoms with Crippen LogP contribution < -0.4 is 5.32 Å². The summed E-state index contributed by atoms with van der Waals surface area (Å²) in [4.78, 5) is 34.6. The first-order valence-corrected chi connectivity index (χ1v) is 13.2. The summed E-state index contributed by atoms with van der Waals surface area (Å²) in [6, 6.07) is 12.6. The monoisotopic (exact) mass is 470 g/mol. The van der Waals surface area contributed by atoms with Crippen molar-refractivity contribution in [2.24, 2.45) is 5.92 Å². The summed E-state index contributed by atoms with van der Waals surface area (Å²) in [5.74, 6) is 0.127. The van der Waals surface area contributed by atoms with Gasteiger partial charge in [-0.3, -0.25) is 14.5 Å². The van der Waals surface area contributed by atoms with Gasteiger partial charge in [0, 0.05) is 32.4 Å². The molecule has 2 unspecified atom stereocenters. The molecule has 2 aliphatic heterocycles. The predicted molar refractivity (Wildman–Crippen MR) is 126 cm³/mol. The fourth-order valence-corrected chi connectivity index (χ4v) is 5.76. The number of aryl methyl sites for hydroxylation is 1. The van der Waals surface area contributed by atoms with E-state index in [2.05, 4.69) is 10.3 Å². The van der Waals surface area contributed by atoms with E-state index in [1.165, 1.54) is 0 Å². The molecule has 2 aromatic rings. The first kappa shape index (κ1) is 23.4. The Bertz CT molecular complexity index is 1090. The molecular formula is C24H30N4O4S. The number of rotatable bonds is 5. The number of nitrogens with one attached hydrogen (secondary N) is 1. The highest BCUT2D eigenvalue weighted by molar-refractivity contribution is 7.91. The molecule has 2 atom stereocenters. The maximum absolute atomic E-state index is 13.7. The minimum absolute atomic E-state index is 0.0536. The number of amides is 2. The van der Waals surface area contributed by atoms with E-state index in [4.69, 9.17) is 0 Å². The van der Waals surface area contributed by atoms with Gasteiger partial charge in [-0.15, -0.1) is 0 Å². The Morgan fingerprint density at radius 1 is 1.06 bits per heavy atom. The summed E-state index contributed by atoms with van der Waals surface area (Å²) in [7, 11) is -3.06. The molecule has 2 amide bonds. The third-order valence-electron chi connectivity index (χ3n) is 6.45. The van der Waals surface area contributed by atoms with Crippen molar-refractivity contribution in [1.82, 2.24) is 14.8 Å². The van der Waals surface area contributed by atoms with Gasteiger partial charge in [0.2, 0.25) is 11.8 Å². The minimum atomic E-state index is -3.06. The first-order valence-electron chi connectivity index (χ1n) is 11.3. The van der Waals surface area contributed by atoms with Crippen LogP contribution in [0.1, 0.15) is 30.0 Å². The number of carbonyl (C=O) groups excluding carboxylic acids is 2. The van der Waals surface area contributed by atoms with Gasteiger partial charge in [-0.05, 0) is 37.0 Å². The Morgan fingerprint density at radius 2 is 1.79 bits per heavy atom. The average Bonchev–Trinajstić information content (AvgIpc) is 2.82. The van der Waals surface area contributed by atoms with E-state index in [9.17, 15) is 18.0 Å². The molecule has 176 valence electrons. The number of aromatic nitrogens is 1. The van der Waals surface area contributed by atoms with Crippen LogP contribution in [0.25, 0.3) is 0 Å². The lowest BCUT2D eigenvalue weighted by Gasteiger charge is -2.39. The quantitative estimate of drug-likeness (QED) is 0.718. The van der Waals surface area contributed by atoms with Gasteiger partial charge in [0.25, 0.3) is 0 Å². The Kier molecular flexibility index (Phi) is 7.09. The van der Waals surface area contributed by atoms with E-state index < -0.39 is 15.9 Å². The van der Waals surface area contributed by atoms with Gasteiger partial charge in [0.05, 0.1) is 17.4 Å². The first-order chi connectivity index (χ1) is 15.8. The van der Waals surface area contributed by atoms with Crippen molar-refractivity contribution in [3.63, 3.8) is 0 Å². The van der Waals surface area contributed by atoms with Gasteiger partial charge in [0.1, 0.15) is 11.9 Å². The zero-order valence-electron chi connectivity index (χ0n) is 18.8. The summed E-state index contributed by atoms with van der Waals surface area (Å²) < 4.78 is 23.9. The van der Waals surface area contributed by atoms with Crippen molar-refractivity contribution in [1.29, 1.82) is 0 Å². The molecule has 1 N–H and O–H groups in total. The van der Waals surface area contributed by atoms with Crippen LogP contribution in [0.15, 0.2) is 48.7 Å². The number of hydrogen-bond acceptors (Lipinski definition) is 6. The molecule has 8 nitrogen and oxygen atoms in total. The topological polar surface area (TPSA) is 99.7 Å². The number of carbonyl (C=O) groups is 2. The van der Waals surface area contributed by atoms with E-state index >= 15 is 0 Å². The second-order valence-electron chi connectivity index (χ2n) is 8.78. The fraction of sp³-hybridized carbons (Fsp3) is 0.458. The molecule has 33 heavy (non-hydrogen) atoms. The van der Waals surface area contributed by atoms with Crippen LogP contribution in [0.5, 0.6) is 0 Å². The van der Waals surface area contributed by atoms with Crippen LogP contribution >= 0.6 is 0 Å². The Labute approximate surface area is 194 Å². The number of nitrogens with zero attached hydrogens (tertiary/aromatic N) is 3. The van der Waals surface area contributed by atoms with E-state index in [-0.39, 0.29) is 29.2 Å². The molecular weight excluding hydrogens is 440 g/mol. The number of sulfone groups is 1. The Hall–Kier alpha value is -2.78. The van der Waals surface area contributed by atoms with Crippen LogP contribution in [0.2, 0.25) is 0 Å². The van der Waals surface area contributed by atoms with Gasteiger partial charge in [-0.1, -0.05) is 36.4 Å². The van der Waals surface area contributed by atoms with Gasteiger partial charge in [-0.25, -0.2) is 13.4 Å². The number of hydrogen-bond donors (Lipinski definition) is 1. The SMILES string of the molecule is Cc1cccnc1NC(=O)C1CCCN(C(=O)C(c2ccccc2)N2CCS(=O)(=O)CC2)C1. The lowest BCUT2D eigenvalue weighted by Crippen LogP contribution is -2.51. The standard InChI is InChI=1S/C24H30N4O4S/c1-18-7-5-11-25-22(18)26-23(29)20-10-6-12-28(17-20)24(30)21(19-8-3-2-4-9-19)27-13-15-33(31,32)16-14-27/h2-5,7-9,11,20-21H,6,10,12-17H2,1H3,(H,25,26,29). The molecule has 0 aliphatic carbocycles. The molecule has 2 aliphatic rings. The maximum Gasteiger partial charge on any atom is 0.244 e. The zero-order chi connectivity index (χ0) is 23.4. The van der Waals surface area contributed by atoms with Crippen molar-refractivity contribution >= 4 is 27.5 Å². The average molecular weight is 471 g/mol. The van der Waals surface area contributed by atoms with Gasteiger partial charge < -0.3 is 10.2 Å². The fourth-order valence-electron chi connectivity index (χ4n) is 4.53. The number of anilines is 1. The second-order valence-corrected chi connectivity index (χ2v) is 11.1. The highest BCUT2D eigenvalue weighted by atomic mass is 32.2. The van der Waals surface area contributed by atoms with Crippen LogP contribution in [0.3, 0.4) is 0 Å². The third kappa shape index (κ3) is 5.59. The number of likely N-dealkylation sites (tertiary alicyclic amines) is 1. The van der Waals surface area contributed by atoms with Gasteiger partial charge >= 0.3 is 0 Å². The molecule has 9 heteroatoms. The van der Waals surface area contributed by atoms with Crippen molar-refractivity contribution in [3.05, 3.63) is 59.8 Å². The van der Waals surface area contributed by atoms with Gasteiger partial charge in [0.15, 0.2) is 9.84 Å². The molecule has 1 aromatic carbocycles. The van der Waals surface area contributed by atoms with Crippen molar-refractivity contribution < 1.29 is 18.0 Å². The third-order valence-corrected chi connectivity index (χ3v) is 8.06. The molecule has 1 aromatic heterocycles. The number of piperidine rings is 1. The molecule has 0 bridgehead atoms. The Balaban J connectivity index is 1.50. The molecule has 4 rings (SSSR count). The molecule has 0 spiro atoms. The zero-order valence-corrected chi connectivity index (χ0v) is 19.6. The van der Waals surface area contributed by atoms with Crippen LogP contribution in [-0.4, -0.2) is 72.7 Å². The minimum Gasteiger partial charge on any atom is -0.340 e. The summed E-state index contributed by atoms with van der Waals surface area (Å²) in [5.41, 5.74) is 1.73. The molecule has 2 saturated heterocycles. The van der Waals surface area contributed by atoms with Crippen molar-refractivity contribution in [3.8, 4) is 0 Å². The van der Waals surface area contributed by atoms with E-state index in [0.717, 1.165) is 17.5 Å². The highest BCUT2D eigenvalue weighted by Gasteiger charge is 2.37. The lowest BCUT2D eigenvalue weighted by atomic mass is 9.95. The molecule has 0 saturated carbocycles. The summed E-state index contributed by atoms with van der Waals surface area (Å²) in [6.45, 7) is 3.46. The molecule has 3 heterocycles. The maximum atomic E-state index is 13.7. The summed E-state index contributed by atoms with van der Waals surface area (Å²) in [5, 5.41) is 2.91. The van der Waals surface area contributed by atoms with E-state index in [0.29, 0.717) is 38.4 Å². The van der Waals surface area contributed by atoms with Gasteiger partial charge in [-0.2, -0.15) is 0 Å². The lowest BCUT2D eigenvalue weighted by molar-refractivity contribution is -0.140. The van der Waals surface area contributed by atoms with E-state index in [1.54, 1.807) is 11.1 Å². The van der Waals surface area contributed by atoms with Crippen molar-refractivity contribution in [2.75, 3.05) is 43.0 Å². The smallest absolute Gasteiger partial charge is 0.244 e. The van der Waals surface area contributed by atoms with E-state index in [1.807, 2.05) is 54.3 Å². The normalized spacial score (nSPS) is 21.8. The largest absolute Gasteiger partial charge is 0.340 e. The highest BCUT2D eigenvalue weighted by Crippen LogP contribution is 2.28. The summed E-state index contributed by atoms with van der Waals surface area (Å²) >= 11 is 0. The predicted octanol–water partition coefficient (Wildman–Crippen LogP) is 2.04. The molecule has 0 radical (unpaired) electrons. The van der Waals surface area contributed by atoms with Crippen molar-refractivity contribution in [2.45, 2.75) is 25.8 Å². The van der Waals surface area contributed by atoms with Crippen LogP contribution in [-0.2, 0) is 19.4 Å². The molecule has 2 fully saturated rings. The second kappa shape index (κ2) is 10.0. The Morgan fingerprint density at radius 3 is 2.48 bits per heavy atom.